The largest absolute Gasteiger partial charge is 0.338 e. The first-order chi connectivity index (χ1) is 9.74. The van der Waals surface area contributed by atoms with Gasteiger partial charge in [-0.25, -0.2) is 0 Å². The molecule has 0 bridgehead atoms. The molecular formula is C16H19N3O. The van der Waals surface area contributed by atoms with E-state index in [9.17, 15) is 4.79 Å². The Morgan fingerprint density at radius 2 is 2.10 bits per heavy atom. The second kappa shape index (κ2) is 5.49. The van der Waals surface area contributed by atoms with Crippen molar-refractivity contribution in [3.63, 3.8) is 0 Å². The summed E-state index contributed by atoms with van der Waals surface area (Å²) >= 11 is 0. The fraction of sp³-hybridized carbons (Fsp3) is 0.375. The highest BCUT2D eigenvalue weighted by molar-refractivity contribution is 5.78. The van der Waals surface area contributed by atoms with Crippen LogP contribution in [0.2, 0.25) is 0 Å². The van der Waals surface area contributed by atoms with E-state index in [0.29, 0.717) is 13.0 Å². The fourth-order valence-corrected chi connectivity index (χ4v) is 2.78. The van der Waals surface area contributed by atoms with Crippen molar-refractivity contribution in [2.45, 2.75) is 25.8 Å². The van der Waals surface area contributed by atoms with Crippen LogP contribution >= 0.6 is 0 Å². The molecule has 0 aliphatic carbocycles. The van der Waals surface area contributed by atoms with E-state index >= 15 is 0 Å². The first kappa shape index (κ1) is 12.9. The highest BCUT2D eigenvalue weighted by Gasteiger charge is 2.21. The van der Waals surface area contributed by atoms with Crippen LogP contribution in [0.1, 0.15) is 23.2 Å². The second-order valence-corrected chi connectivity index (χ2v) is 5.32. The molecule has 0 fully saturated rings. The lowest BCUT2D eigenvalue weighted by atomic mass is 10.1. The molecule has 4 heteroatoms. The summed E-state index contributed by atoms with van der Waals surface area (Å²) in [5, 5.41) is 4.30. The zero-order valence-corrected chi connectivity index (χ0v) is 11.7. The van der Waals surface area contributed by atoms with Crippen molar-refractivity contribution in [1.82, 2.24) is 14.7 Å². The number of hydrogen-bond donors (Lipinski definition) is 0. The van der Waals surface area contributed by atoms with Gasteiger partial charge in [-0.1, -0.05) is 30.3 Å². The van der Waals surface area contributed by atoms with Gasteiger partial charge in [0, 0.05) is 31.4 Å². The van der Waals surface area contributed by atoms with Gasteiger partial charge >= 0.3 is 0 Å². The lowest BCUT2D eigenvalue weighted by Gasteiger charge is -2.20. The van der Waals surface area contributed by atoms with E-state index in [1.807, 2.05) is 53.2 Å². The molecule has 0 N–H and O–H groups in total. The van der Waals surface area contributed by atoms with Crippen molar-refractivity contribution < 1.29 is 4.79 Å². The maximum Gasteiger partial charge on any atom is 0.227 e. The summed E-state index contributed by atoms with van der Waals surface area (Å²) in [6.07, 6.45) is 4.38. The molecular weight excluding hydrogens is 250 g/mol. The molecule has 1 aromatic heterocycles. The molecule has 0 atom stereocenters. The first-order valence-corrected chi connectivity index (χ1v) is 7.05. The lowest BCUT2D eigenvalue weighted by Crippen LogP contribution is -2.31. The summed E-state index contributed by atoms with van der Waals surface area (Å²) in [6, 6.07) is 9.94. The summed E-state index contributed by atoms with van der Waals surface area (Å²) in [4.78, 5) is 14.4. The number of nitrogens with zero attached hydrogens (tertiary/aromatic N) is 3. The average Bonchev–Trinajstić information content (AvgIpc) is 2.69. The van der Waals surface area contributed by atoms with E-state index in [4.69, 9.17) is 0 Å². The Kier molecular flexibility index (Phi) is 3.54. The third kappa shape index (κ3) is 2.59. The van der Waals surface area contributed by atoms with Gasteiger partial charge in [0.05, 0.1) is 12.6 Å². The van der Waals surface area contributed by atoms with E-state index in [2.05, 4.69) is 5.10 Å². The minimum atomic E-state index is 0.202. The molecule has 0 saturated carbocycles. The molecule has 0 unspecified atom stereocenters. The summed E-state index contributed by atoms with van der Waals surface area (Å²) < 4.78 is 1.93. The van der Waals surface area contributed by atoms with Crippen molar-refractivity contribution in [2.75, 3.05) is 6.54 Å². The van der Waals surface area contributed by atoms with Crippen molar-refractivity contribution in [1.29, 1.82) is 0 Å². The molecule has 0 radical (unpaired) electrons. The lowest BCUT2D eigenvalue weighted by molar-refractivity contribution is -0.131. The molecule has 1 aliphatic rings. The molecule has 1 amide bonds. The van der Waals surface area contributed by atoms with Crippen LogP contribution in [0.3, 0.4) is 0 Å². The van der Waals surface area contributed by atoms with Gasteiger partial charge in [-0.15, -0.1) is 0 Å². The second-order valence-electron chi connectivity index (χ2n) is 5.32. The van der Waals surface area contributed by atoms with E-state index < -0.39 is 0 Å². The summed E-state index contributed by atoms with van der Waals surface area (Å²) in [6.45, 7) is 1.52. The van der Waals surface area contributed by atoms with Gasteiger partial charge in [-0.3, -0.25) is 9.48 Å². The Morgan fingerprint density at radius 3 is 2.90 bits per heavy atom. The predicted molar refractivity (Wildman–Crippen MR) is 77.1 cm³/mol. The smallest absolute Gasteiger partial charge is 0.227 e. The third-order valence-corrected chi connectivity index (χ3v) is 3.90. The summed E-state index contributed by atoms with van der Waals surface area (Å²) in [7, 11) is 1.97. The minimum absolute atomic E-state index is 0.202. The first-order valence-electron chi connectivity index (χ1n) is 7.05. The van der Waals surface area contributed by atoms with Crippen molar-refractivity contribution >= 4 is 5.91 Å². The van der Waals surface area contributed by atoms with Gasteiger partial charge in [-0.2, -0.15) is 5.10 Å². The van der Waals surface area contributed by atoms with Gasteiger partial charge in [-0.05, 0) is 18.4 Å². The van der Waals surface area contributed by atoms with Crippen LogP contribution in [0.5, 0.6) is 0 Å². The summed E-state index contributed by atoms with van der Waals surface area (Å²) in [5.74, 6) is 0.202. The van der Waals surface area contributed by atoms with Crippen LogP contribution in [0.4, 0.5) is 0 Å². The standard InChI is InChI=1S/C16H19N3O/c1-18-15-8-5-9-19(12-14(15)11-17-18)16(20)10-13-6-3-2-4-7-13/h2-4,6-7,11H,5,8-10,12H2,1H3. The zero-order chi connectivity index (χ0) is 13.9. The highest BCUT2D eigenvalue weighted by atomic mass is 16.2. The minimum Gasteiger partial charge on any atom is -0.338 e. The number of hydrogen-bond acceptors (Lipinski definition) is 2. The highest BCUT2D eigenvalue weighted by Crippen LogP contribution is 2.18. The van der Waals surface area contributed by atoms with Crippen LogP contribution in [0.15, 0.2) is 36.5 Å². The molecule has 0 saturated heterocycles. The Morgan fingerprint density at radius 1 is 1.30 bits per heavy atom. The quantitative estimate of drug-likeness (QED) is 0.835. The van der Waals surface area contributed by atoms with E-state index in [-0.39, 0.29) is 5.91 Å². The Labute approximate surface area is 119 Å². The summed E-state index contributed by atoms with van der Waals surface area (Å²) in [5.41, 5.74) is 3.53. The molecule has 1 aromatic carbocycles. The predicted octanol–water partition coefficient (Wildman–Crippen LogP) is 1.94. The van der Waals surface area contributed by atoms with E-state index in [1.54, 1.807) is 0 Å². The Hall–Kier alpha value is -2.10. The number of carbonyl (C=O) groups excluding carboxylic acids is 1. The van der Waals surface area contributed by atoms with Crippen molar-refractivity contribution in [3.8, 4) is 0 Å². The molecule has 104 valence electrons. The number of aryl methyl sites for hydroxylation is 1. The number of rotatable bonds is 2. The van der Waals surface area contributed by atoms with Crippen LogP contribution in [-0.4, -0.2) is 27.1 Å². The molecule has 20 heavy (non-hydrogen) atoms. The van der Waals surface area contributed by atoms with Gasteiger partial charge in [0.25, 0.3) is 0 Å². The Bertz CT molecular complexity index is 603. The molecule has 1 aliphatic heterocycles. The fourth-order valence-electron chi connectivity index (χ4n) is 2.78. The van der Waals surface area contributed by atoms with Crippen LogP contribution in [0.25, 0.3) is 0 Å². The van der Waals surface area contributed by atoms with E-state index in [0.717, 1.165) is 24.9 Å². The number of carbonyl (C=O) groups is 1. The number of benzene rings is 1. The van der Waals surface area contributed by atoms with Gasteiger partial charge in [0.2, 0.25) is 5.91 Å². The monoisotopic (exact) mass is 269 g/mol. The molecule has 2 aromatic rings. The normalized spacial score (nSPS) is 14.8. The SMILES string of the molecule is Cn1ncc2c1CCCN(C(=O)Cc1ccccc1)C2. The van der Waals surface area contributed by atoms with Crippen LogP contribution in [-0.2, 0) is 31.2 Å². The van der Waals surface area contributed by atoms with Crippen molar-refractivity contribution in [2.24, 2.45) is 7.05 Å². The van der Waals surface area contributed by atoms with Crippen LogP contribution in [0, 0.1) is 0 Å². The van der Waals surface area contributed by atoms with Crippen LogP contribution < -0.4 is 0 Å². The number of amides is 1. The molecule has 0 spiro atoms. The van der Waals surface area contributed by atoms with Gasteiger partial charge in [0.15, 0.2) is 0 Å². The van der Waals surface area contributed by atoms with Crippen molar-refractivity contribution in [3.05, 3.63) is 53.3 Å². The maximum atomic E-state index is 12.4. The topological polar surface area (TPSA) is 38.1 Å². The number of fused-ring (bicyclic) bond motifs is 1. The third-order valence-electron chi connectivity index (χ3n) is 3.90. The molecule has 3 rings (SSSR count). The molecule has 4 nitrogen and oxygen atoms in total. The number of aromatic nitrogens is 2. The van der Waals surface area contributed by atoms with Gasteiger partial charge in [0.1, 0.15) is 0 Å². The van der Waals surface area contributed by atoms with E-state index in [1.165, 1.54) is 11.3 Å². The zero-order valence-electron chi connectivity index (χ0n) is 11.7. The maximum absolute atomic E-state index is 12.4. The Balaban J connectivity index is 1.73. The molecule has 2 heterocycles. The average molecular weight is 269 g/mol. The van der Waals surface area contributed by atoms with Gasteiger partial charge < -0.3 is 4.90 Å².